The van der Waals surface area contributed by atoms with Crippen LogP contribution in [0, 0.1) is 6.07 Å². The molecule has 0 unspecified atom stereocenters. The third-order valence-electron chi connectivity index (χ3n) is 2.11. The van der Waals surface area contributed by atoms with E-state index in [1.807, 2.05) is 40.3 Å². The van der Waals surface area contributed by atoms with Crippen molar-refractivity contribution in [2.45, 2.75) is 0 Å². The molecule has 0 bridgehead atoms. The van der Waals surface area contributed by atoms with Crippen molar-refractivity contribution in [3.05, 3.63) is 30.3 Å². The van der Waals surface area contributed by atoms with E-state index in [1.165, 1.54) is 0 Å². The lowest BCUT2D eigenvalue weighted by Gasteiger charge is -2.30. The third-order valence-corrected chi connectivity index (χ3v) is 5.23. The van der Waals surface area contributed by atoms with E-state index in [0.717, 1.165) is 5.30 Å². The predicted octanol–water partition coefficient (Wildman–Crippen LogP) is 1.43. The van der Waals surface area contributed by atoms with Crippen molar-refractivity contribution in [2.75, 3.05) is 28.2 Å². The van der Waals surface area contributed by atoms with Gasteiger partial charge in [-0.1, -0.05) is 12.1 Å². The monoisotopic (exact) mass is 211 g/mol. The summed E-state index contributed by atoms with van der Waals surface area (Å²) in [6, 6.07) is 10.3. The van der Waals surface area contributed by atoms with E-state index in [4.69, 9.17) is 0 Å². The molecule has 0 amide bonds. The molecule has 0 aliphatic rings. The first-order valence-corrected chi connectivity index (χ1v) is 6.03. The highest BCUT2D eigenvalue weighted by atomic mass is 31.2. The Labute approximate surface area is 85.8 Å². The second-order valence-corrected chi connectivity index (χ2v) is 6.70. The maximum Gasteiger partial charge on any atom is 0.244 e. The summed E-state index contributed by atoms with van der Waals surface area (Å²) in [6.45, 7) is 0. The zero-order chi connectivity index (χ0) is 10.8. The quantitative estimate of drug-likeness (QED) is 0.706. The highest BCUT2D eigenvalue weighted by Crippen LogP contribution is 2.47. The van der Waals surface area contributed by atoms with Crippen LogP contribution in [0.2, 0.25) is 0 Å². The Morgan fingerprint density at radius 2 is 1.79 bits per heavy atom. The van der Waals surface area contributed by atoms with Gasteiger partial charge in [-0.2, -0.15) is 0 Å². The first-order valence-electron chi connectivity index (χ1n) is 4.42. The Hall–Kier alpha value is -0.630. The van der Waals surface area contributed by atoms with E-state index in [0.29, 0.717) is 0 Å². The van der Waals surface area contributed by atoms with Gasteiger partial charge in [-0.15, -0.1) is 0 Å². The largest absolute Gasteiger partial charge is 0.284 e. The van der Waals surface area contributed by atoms with Gasteiger partial charge in [-0.05, 0) is 46.4 Å². The summed E-state index contributed by atoms with van der Waals surface area (Å²) in [4.78, 5) is 0. The van der Waals surface area contributed by atoms with Crippen LogP contribution in [0.15, 0.2) is 24.3 Å². The van der Waals surface area contributed by atoms with Crippen molar-refractivity contribution in [3.63, 3.8) is 0 Å². The zero-order valence-electron chi connectivity index (χ0n) is 9.06. The minimum atomic E-state index is -2.58. The van der Waals surface area contributed by atoms with Crippen LogP contribution in [-0.2, 0) is 4.57 Å². The summed E-state index contributed by atoms with van der Waals surface area (Å²) in [5, 5.41) is 0.815. The maximum absolute atomic E-state index is 12.6. The Bertz CT molecular complexity index is 323. The van der Waals surface area contributed by atoms with E-state index < -0.39 is 7.44 Å². The molecule has 0 heterocycles. The molecule has 1 radical (unpaired) electrons. The van der Waals surface area contributed by atoms with Gasteiger partial charge in [-0.3, -0.25) is 4.57 Å². The van der Waals surface area contributed by atoms with Crippen LogP contribution in [0.4, 0.5) is 0 Å². The fourth-order valence-electron chi connectivity index (χ4n) is 1.38. The molecule has 3 nitrogen and oxygen atoms in total. The van der Waals surface area contributed by atoms with Crippen molar-refractivity contribution in [1.82, 2.24) is 9.34 Å². The van der Waals surface area contributed by atoms with Gasteiger partial charge in [0.2, 0.25) is 7.44 Å². The van der Waals surface area contributed by atoms with Crippen LogP contribution < -0.4 is 5.30 Å². The van der Waals surface area contributed by atoms with Crippen LogP contribution in [0.25, 0.3) is 0 Å². The Morgan fingerprint density at radius 1 is 1.21 bits per heavy atom. The van der Waals surface area contributed by atoms with Crippen LogP contribution in [-0.4, -0.2) is 37.5 Å². The fraction of sp³-hybridized carbons (Fsp3) is 0.400. The summed E-state index contributed by atoms with van der Waals surface area (Å²) in [5.74, 6) is 0. The van der Waals surface area contributed by atoms with Gasteiger partial charge in [0.05, 0.1) is 0 Å². The molecule has 1 aromatic carbocycles. The number of nitrogens with zero attached hydrogens (tertiary/aromatic N) is 2. The molecule has 0 aliphatic heterocycles. The molecular weight excluding hydrogens is 195 g/mol. The van der Waals surface area contributed by atoms with Gasteiger partial charge in [0.25, 0.3) is 0 Å². The van der Waals surface area contributed by atoms with Crippen molar-refractivity contribution in [2.24, 2.45) is 0 Å². The normalized spacial score (nSPS) is 12.4. The second kappa shape index (κ2) is 4.26. The topological polar surface area (TPSA) is 23.6 Å². The SMILES string of the molecule is CN(C)P(=O)(c1c[c]ccc1)N(C)C. The predicted molar refractivity (Wildman–Crippen MR) is 59.9 cm³/mol. The van der Waals surface area contributed by atoms with Crippen molar-refractivity contribution in [3.8, 4) is 0 Å². The molecule has 0 atom stereocenters. The van der Waals surface area contributed by atoms with Gasteiger partial charge in [0.1, 0.15) is 0 Å². The van der Waals surface area contributed by atoms with E-state index in [1.54, 1.807) is 21.5 Å². The highest BCUT2D eigenvalue weighted by Gasteiger charge is 2.29. The molecule has 0 N–H and O–H groups in total. The van der Waals surface area contributed by atoms with E-state index in [-0.39, 0.29) is 0 Å². The van der Waals surface area contributed by atoms with E-state index >= 15 is 0 Å². The lowest BCUT2D eigenvalue weighted by molar-refractivity contribution is 0.460. The molecular formula is C10H16N2OP. The third kappa shape index (κ3) is 1.90. The first-order chi connectivity index (χ1) is 6.49. The molecule has 1 aromatic rings. The highest BCUT2D eigenvalue weighted by molar-refractivity contribution is 7.66. The van der Waals surface area contributed by atoms with Crippen molar-refractivity contribution < 1.29 is 4.57 Å². The van der Waals surface area contributed by atoms with E-state index in [9.17, 15) is 4.57 Å². The minimum absolute atomic E-state index is 0.815. The summed E-state index contributed by atoms with van der Waals surface area (Å²) in [5.41, 5.74) is 0. The summed E-state index contributed by atoms with van der Waals surface area (Å²) in [7, 11) is 4.73. The molecule has 0 saturated carbocycles. The maximum atomic E-state index is 12.6. The Morgan fingerprint density at radius 3 is 2.14 bits per heavy atom. The molecule has 4 heteroatoms. The van der Waals surface area contributed by atoms with Crippen LogP contribution in [0.3, 0.4) is 0 Å². The van der Waals surface area contributed by atoms with Gasteiger partial charge in [-0.25, -0.2) is 9.34 Å². The zero-order valence-corrected chi connectivity index (χ0v) is 9.95. The van der Waals surface area contributed by atoms with Crippen molar-refractivity contribution >= 4 is 12.7 Å². The smallest absolute Gasteiger partial charge is 0.244 e. The molecule has 0 fully saturated rings. The van der Waals surface area contributed by atoms with Gasteiger partial charge < -0.3 is 0 Å². The summed E-state index contributed by atoms with van der Waals surface area (Å²) < 4.78 is 16.2. The van der Waals surface area contributed by atoms with Gasteiger partial charge in [0.15, 0.2) is 0 Å². The first kappa shape index (κ1) is 11.4. The van der Waals surface area contributed by atoms with Crippen LogP contribution >= 0.6 is 7.44 Å². The molecule has 0 aromatic heterocycles. The lowest BCUT2D eigenvalue weighted by Crippen LogP contribution is -2.28. The molecule has 14 heavy (non-hydrogen) atoms. The van der Waals surface area contributed by atoms with Gasteiger partial charge in [0, 0.05) is 5.30 Å². The molecule has 0 saturated heterocycles. The summed E-state index contributed by atoms with van der Waals surface area (Å²) in [6.07, 6.45) is 0. The minimum Gasteiger partial charge on any atom is -0.284 e. The van der Waals surface area contributed by atoms with Crippen LogP contribution in [0.1, 0.15) is 0 Å². The number of benzene rings is 1. The lowest BCUT2D eigenvalue weighted by atomic mass is 10.4. The number of rotatable bonds is 3. The number of hydrogen-bond acceptors (Lipinski definition) is 1. The Kier molecular flexibility index (Phi) is 3.48. The number of hydrogen-bond donors (Lipinski definition) is 0. The van der Waals surface area contributed by atoms with Crippen LogP contribution in [0.5, 0.6) is 0 Å². The fourth-order valence-corrected chi connectivity index (χ4v) is 3.55. The standard InChI is InChI=1S/C10H16N2OP/c1-11(2)14(13,12(3)4)10-8-6-5-7-9-10/h5-6,8-9H,1-4H3. The second-order valence-electron chi connectivity index (χ2n) is 3.50. The molecule has 77 valence electrons. The molecule has 0 aliphatic carbocycles. The van der Waals surface area contributed by atoms with Gasteiger partial charge >= 0.3 is 0 Å². The molecule has 1 rings (SSSR count). The summed E-state index contributed by atoms with van der Waals surface area (Å²) >= 11 is 0. The van der Waals surface area contributed by atoms with E-state index in [2.05, 4.69) is 6.07 Å². The average molecular weight is 211 g/mol. The van der Waals surface area contributed by atoms with Crippen molar-refractivity contribution in [1.29, 1.82) is 0 Å². The molecule has 0 spiro atoms. The Balaban J connectivity index is 3.21. The average Bonchev–Trinajstić information content (AvgIpc) is 2.17.